The molecule has 3 aromatic rings. The van der Waals surface area contributed by atoms with Gasteiger partial charge in [0.25, 0.3) is 11.7 Å². The van der Waals surface area contributed by atoms with Gasteiger partial charge in [-0.1, -0.05) is 38.1 Å². The molecule has 0 aliphatic carbocycles. The van der Waals surface area contributed by atoms with Gasteiger partial charge in [-0.3, -0.25) is 24.1 Å². The van der Waals surface area contributed by atoms with Crippen LogP contribution in [0.3, 0.4) is 0 Å². The number of ether oxygens (including phenoxy) is 2. The number of carbonyl (C=O) groups is 4. The molecule has 0 spiro atoms. The number of amides is 3. The van der Waals surface area contributed by atoms with E-state index < -0.39 is 23.6 Å². The Morgan fingerprint density at radius 2 is 1.46 bits per heavy atom. The number of anilines is 2. The lowest BCUT2D eigenvalue weighted by Gasteiger charge is -2.34. The molecule has 9 heteroatoms. The molecular formula is C30H31N3O6. The van der Waals surface area contributed by atoms with Crippen LogP contribution in [0.4, 0.5) is 11.4 Å². The zero-order valence-electron chi connectivity index (χ0n) is 22.3. The smallest absolute Gasteiger partial charge is 0.299 e. The second-order valence-electron chi connectivity index (χ2n) is 9.51. The van der Waals surface area contributed by atoms with Crippen molar-refractivity contribution in [2.24, 2.45) is 5.92 Å². The largest absolute Gasteiger partial charge is 0.497 e. The third-order valence-corrected chi connectivity index (χ3v) is 6.60. The molecule has 1 aliphatic rings. The average molecular weight is 530 g/mol. The summed E-state index contributed by atoms with van der Waals surface area (Å²) >= 11 is 0. The van der Waals surface area contributed by atoms with Crippen molar-refractivity contribution in [2.75, 3.05) is 31.0 Å². The van der Waals surface area contributed by atoms with E-state index in [9.17, 15) is 19.2 Å². The fourth-order valence-corrected chi connectivity index (χ4v) is 4.60. The molecule has 0 saturated heterocycles. The van der Waals surface area contributed by atoms with E-state index in [2.05, 4.69) is 5.32 Å². The number of carbonyl (C=O) groups excluding carboxylic acids is 4. The van der Waals surface area contributed by atoms with Crippen LogP contribution in [0.15, 0.2) is 72.8 Å². The summed E-state index contributed by atoms with van der Waals surface area (Å²) in [6.45, 7) is 3.44. The molecule has 0 fully saturated rings. The minimum atomic E-state index is -0.870. The maximum Gasteiger partial charge on any atom is 0.299 e. The van der Waals surface area contributed by atoms with E-state index in [-0.39, 0.29) is 30.5 Å². The van der Waals surface area contributed by atoms with Crippen molar-refractivity contribution in [3.8, 4) is 11.5 Å². The molecule has 4 rings (SSSR count). The Bertz CT molecular complexity index is 1370. The van der Waals surface area contributed by atoms with Crippen LogP contribution in [0.2, 0.25) is 0 Å². The van der Waals surface area contributed by atoms with Crippen LogP contribution in [0.25, 0.3) is 0 Å². The van der Waals surface area contributed by atoms with Gasteiger partial charge in [-0.15, -0.1) is 0 Å². The second-order valence-corrected chi connectivity index (χ2v) is 9.51. The predicted molar refractivity (Wildman–Crippen MR) is 147 cm³/mol. The Kier molecular flexibility index (Phi) is 8.29. The highest BCUT2D eigenvalue weighted by Crippen LogP contribution is 2.29. The van der Waals surface area contributed by atoms with Gasteiger partial charge in [-0.25, -0.2) is 0 Å². The number of nitrogens with zero attached hydrogens (tertiary/aromatic N) is 2. The van der Waals surface area contributed by atoms with Crippen LogP contribution in [0.5, 0.6) is 11.5 Å². The van der Waals surface area contributed by atoms with Crippen molar-refractivity contribution in [3.63, 3.8) is 0 Å². The van der Waals surface area contributed by atoms with Gasteiger partial charge in [0.15, 0.2) is 0 Å². The number of hydrogen-bond acceptors (Lipinski definition) is 6. The molecule has 0 radical (unpaired) electrons. The monoisotopic (exact) mass is 529 g/mol. The zero-order chi connectivity index (χ0) is 28.1. The Hall–Kier alpha value is -4.66. The fraction of sp³-hybridized carbons (Fsp3) is 0.267. The molecule has 1 aliphatic heterocycles. The molecular weight excluding hydrogens is 498 g/mol. The van der Waals surface area contributed by atoms with Gasteiger partial charge < -0.3 is 19.7 Å². The molecule has 202 valence electrons. The van der Waals surface area contributed by atoms with Crippen LogP contribution in [-0.2, 0) is 20.9 Å². The fourth-order valence-electron chi connectivity index (χ4n) is 4.60. The van der Waals surface area contributed by atoms with E-state index in [1.54, 1.807) is 74.9 Å². The first kappa shape index (κ1) is 27.4. The number of ketones is 1. The van der Waals surface area contributed by atoms with E-state index in [0.29, 0.717) is 22.9 Å². The topological polar surface area (TPSA) is 105 Å². The van der Waals surface area contributed by atoms with Crippen molar-refractivity contribution in [1.82, 2.24) is 4.90 Å². The van der Waals surface area contributed by atoms with Gasteiger partial charge >= 0.3 is 0 Å². The third-order valence-electron chi connectivity index (χ3n) is 6.60. The maximum atomic E-state index is 13.9. The molecule has 0 saturated carbocycles. The summed E-state index contributed by atoms with van der Waals surface area (Å²) in [6.07, 6.45) is 0. The minimum Gasteiger partial charge on any atom is -0.497 e. The third kappa shape index (κ3) is 5.93. The molecule has 9 nitrogen and oxygen atoms in total. The van der Waals surface area contributed by atoms with Crippen molar-refractivity contribution >= 4 is 34.9 Å². The molecule has 3 amide bonds. The molecule has 0 bridgehead atoms. The summed E-state index contributed by atoms with van der Waals surface area (Å²) < 4.78 is 10.4. The molecule has 0 aromatic heterocycles. The molecule has 1 N–H and O–H groups in total. The summed E-state index contributed by atoms with van der Waals surface area (Å²) in [7, 11) is 3.12. The minimum absolute atomic E-state index is 0.110. The second kappa shape index (κ2) is 11.8. The Morgan fingerprint density at radius 1 is 0.872 bits per heavy atom. The van der Waals surface area contributed by atoms with Crippen LogP contribution in [0, 0.1) is 5.92 Å². The van der Waals surface area contributed by atoms with E-state index in [1.807, 2.05) is 26.0 Å². The first-order valence-corrected chi connectivity index (χ1v) is 12.6. The summed E-state index contributed by atoms with van der Waals surface area (Å²) in [5.41, 5.74) is 1.97. The lowest BCUT2D eigenvalue weighted by Crippen LogP contribution is -2.53. The summed E-state index contributed by atoms with van der Waals surface area (Å²) in [6, 6.07) is 19.8. The van der Waals surface area contributed by atoms with E-state index >= 15 is 0 Å². The molecule has 1 atom stereocenters. The molecule has 3 aromatic carbocycles. The number of para-hydroxylation sites is 1. The van der Waals surface area contributed by atoms with Gasteiger partial charge in [0, 0.05) is 12.2 Å². The summed E-state index contributed by atoms with van der Waals surface area (Å²) in [5, 5.41) is 2.90. The first-order valence-electron chi connectivity index (χ1n) is 12.6. The van der Waals surface area contributed by atoms with Crippen LogP contribution >= 0.6 is 0 Å². The van der Waals surface area contributed by atoms with Crippen molar-refractivity contribution < 1.29 is 28.7 Å². The summed E-state index contributed by atoms with van der Waals surface area (Å²) in [4.78, 5) is 55.4. The highest BCUT2D eigenvalue weighted by atomic mass is 16.5. The van der Waals surface area contributed by atoms with Gasteiger partial charge in [0.05, 0.1) is 25.5 Å². The zero-order valence-corrected chi connectivity index (χ0v) is 22.3. The molecule has 1 heterocycles. The van der Waals surface area contributed by atoms with Crippen molar-refractivity contribution in [3.05, 3.63) is 83.9 Å². The van der Waals surface area contributed by atoms with E-state index in [4.69, 9.17) is 9.47 Å². The maximum absolute atomic E-state index is 13.9. The number of benzene rings is 3. The lowest BCUT2D eigenvalue weighted by atomic mass is 10.00. The lowest BCUT2D eigenvalue weighted by molar-refractivity contribution is -0.140. The summed E-state index contributed by atoms with van der Waals surface area (Å²) in [5.74, 6) is -1.22. The van der Waals surface area contributed by atoms with Crippen LogP contribution in [0.1, 0.15) is 29.8 Å². The first-order chi connectivity index (χ1) is 18.7. The van der Waals surface area contributed by atoms with Crippen molar-refractivity contribution in [1.29, 1.82) is 0 Å². The average Bonchev–Trinajstić information content (AvgIpc) is 3.18. The molecule has 39 heavy (non-hydrogen) atoms. The predicted octanol–water partition coefficient (Wildman–Crippen LogP) is 3.93. The Labute approximate surface area is 227 Å². The highest BCUT2D eigenvalue weighted by molar-refractivity contribution is 6.52. The standard InChI is InChI=1S/C30H31N3O6/c1-19(2)27(29(36)31-21-11-15-23(39-4)16-12-21)33(17-20-9-13-22(38-3)14-10-20)26(34)18-32-25-8-6-5-7-24(25)28(35)30(32)37/h5-16,19,27H,17-18H2,1-4H3,(H,31,36). The van der Waals surface area contributed by atoms with Crippen LogP contribution < -0.4 is 19.7 Å². The quantitative estimate of drug-likeness (QED) is 0.399. The van der Waals surface area contributed by atoms with E-state index in [0.717, 1.165) is 5.56 Å². The van der Waals surface area contributed by atoms with Gasteiger partial charge in [0.2, 0.25) is 11.8 Å². The number of hydrogen-bond donors (Lipinski definition) is 1. The highest BCUT2D eigenvalue weighted by Gasteiger charge is 2.39. The van der Waals surface area contributed by atoms with Gasteiger partial charge in [0.1, 0.15) is 24.1 Å². The van der Waals surface area contributed by atoms with E-state index in [1.165, 1.54) is 9.80 Å². The number of rotatable bonds is 10. The number of Topliss-reactive ketones (excluding diaryl/α,β-unsaturated/α-hetero) is 1. The Balaban J connectivity index is 1.65. The normalized spacial score (nSPS) is 13.2. The number of fused-ring (bicyclic) bond motifs is 1. The Morgan fingerprint density at radius 3 is 2.05 bits per heavy atom. The van der Waals surface area contributed by atoms with Gasteiger partial charge in [-0.2, -0.15) is 0 Å². The molecule has 1 unspecified atom stereocenters. The van der Waals surface area contributed by atoms with Gasteiger partial charge in [-0.05, 0) is 60.0 Å². The van der Waals surface area contributed by atoms with Crippen LogP contribution in [-0.4, -0.2) is 55.2 Å². The SMILES string of the molecule is COc1ccc(CN(C(=O)CN2C(=O)C(=O)c3ccccc32)C(C(=O)Nc2ccc(OC)cc2)C(C)C)cc1. The number of nitrogens with one attached hydrogen (secondary N) is 1. The number of methoxy groups -OCH3 is 2. The van der Waals surface area contributed by atoms with Crippen molar-refractivity contribution in [2.45, 2.75) is 26.4 Å².